The van der Waals surface area contributed by atoms with E-state index in [0.717, 1.165) is 23.9 Å². The van der Waals surface area contributed by atoms with Crippen LogP contribution in [-0.2, 0) is 0 Å². The minimum absolute atomic E-state index is 0.0361. The van der Waals surface area contributed by atoms with Crippen LogP contribution in [0.3, 0.4) is 0 Å². The Morgan fingerprint density at radius 1 is 1.43 bits per heavy atom. The quantitative estimate of drug-likeness (QED) is 0.608. The van der Waals surface area contributed by atoms with Gasteiger partial charge < -0.3 is 5.73 Å². The van der Waals surface area contributed by atoms with Crippen molar-refractivity contribution in [2.24, 2.45) is 0 Å². The summed E-state index contributed by atoms with van der Waals surface area (Å²) in [5.74, 6) is -1.45. The number of nitriles is 1. The molecule has 1 unspecified atom stereocenters. The Bertz CT molecular complexity index is 364. The molecule has 5 heteroatoms. The molecule has 0 saturated heterocycles. The lowest BCUT2D eigenvalue weighted by Gasteiger charge is -2.06. The number of benzene rings is 1. The van der Waals surface area contributed by atoms with E-state index in [1.165, 1.54) is 0 Å². The molecular formula is C9H8F2N2S. The van der Waals surface area contributed by atoms with Gasteiger partial charge in [-0.1, -0.05) is 0 Å². The van der Waals surface area contributed by atoms with E-state index in [9.17, 15) is 8.78 Å². The van der Waals surface area contributed by atoms with Crippen molar-refractivity contribution in [3.05, 3.63) is 23.8 Å². The zero-order valence-corrected chi connectivity index (χ0v) is 8.24. The van der Waals surface area contributed by atoms with E-state index in [0.29, 0.717) is 0 Å². The fourth-order valence-electron chi connectivity index (χ4n) is 0.895. The van der Waals surface area contributed by atoms with Gasteiger partial charge in [0.15, 0.2) is 0 Å². The molecular weight excluding hydrogens is 206 g/mol. The number of rotatable bonds is 2. The van der Waals surface area contributed by atoms with Gasteiger partial charge in [0.1, 0.15) is 11.6 Å². The fourth-order valence-corrected chi connectivity index (χ4v) is 1.64. The zero-order chi connectivity index (χ0) is 10.7. The van der Waals surface area contributed by atoms with Crippen molar-refractivity contribution in [2.75, 3.05) is 5.73 Å². The van der Waals surface area contributed by atoms with Crippen LogP contribution in [0.5, 0.6) is 0 Å². The first-order valence-corrected chi connectivity index (χ1v) is 4.73. The standard InChI is InChI=1S/C9H8F2N2S/c1-5(4-12)14-9-7(10)2-6(13)3-8(9)11/h2-3,5H,13H2,1H3. The minimum atomic E-state index is -0.727. The summed E-state index contributed by atoms with van der Waals surface area (Å²) in [5.41, 5.74) is 5.27. The number of hydrogen-bond donors (Lipinski definition) is 1. The van der Waals surface area contributed by atoms with E-state index >= 15 is 0 Å². The molecule has 0 fully saturated rings. The van der Waals surface area contributed by atoms with Crippen LogP contribution in [0.4, 0.5) is 14.5 Å². The average Bonchev–Trinajstić information content (AvgIpc) is 2.10. The van der Waals surface area contributed by atoms with Gasteiger partial charge in [-0.2, -0.15) is 5.26 Å². The third-order valence-electron chi connectivity index (χ3n) is 1.50. The van der Waals surface area contributed by atoms with E-state index in [2.05, 4.69) is 0 Å². The monoisotopic (exact) mass is 214 g/mol. The predicted molar refractivity (Wildman–Crippen MR) is 51.7 cm³/mol. The molecule has 0 amide bonds. The van der Waals surface area contributed by atoms with Gasteiger partial charge in [0.25, 0.3) is 0 Å². The molecule has 0 saturated carbocycles. The smallest absolute Gasteiger partial charge is 0.141 e. The largest absolute Gasteiger partial charge is 0.399 e. The highest BCUT2D eigenvalue weighted by atomic mass is 32.2. The SMILES string of the molecule is CC(C#N)Sc1c(F)cc(N)cc1F. The Morgan fingerprint density at radius 2 is 1.93 bits per heavy atom. The first kappa shape index (κ1) is 10.8. The van der Waals surface area contributed by atoms with Crippen LogP contribution in [0.2, 0.25) is 0 Å². The lowest BCUT2D eigenvalue weighted by molar-refractivity contribution is 0.541. The fraction of sp³-hybridized carbons (Fsp3) is 0.222. The number of halogens is 2. The number of nitrogen functional groups attached to an aromatic ring is 1. The molecule has 0 bridgehead atoms. The molecule has 1 atom stereocenters. The van der Waals surface area contributed by atoms with Gasteiger partial charge in [0.2, 0.25) is 0 Å². The Balaban J connectivity index is 3.04. The Labute approximate surface area is 84.7 Å². The second kappa shape index (κ2) is 4.29. The zero-order valence-electron chi connectivity index (χ0n) is 7.42. The van der Waals surface area contributed by atoms with E-state index < -0.39 is 16.9 Å². The summed E-state index contributed by atoms with van der Waals surface area (Å²) in [5, 5.41) is 7.99. The second-order valence-electron chi connectivity index (χ2n) is 2.70. The normalized spacial score (nSPS) is 12.1. The van der Waals surface area contributed by atoms with Gasteiger partial charge in [0.05, 0.1) is 16.2 Å². The van der Waals surface area contributed by atoms with Crippen LogP contribution in [0.15, 0.2) is 17.0 Å². The van der Waals surface area contributed by atoms with Crippen LogP contribution in [0.1, 0.15) is 6.92 Å². The molecule has 1 aromatic rings. The third-order valence-corrected chi connectivity index (χ3v) is 2.58. The summed E-state index contributed by atoms with van der Waals surface area (Å²) in [6.07, 6.45) is 0. The first-order chi connectivity index (χ1) is 6.54. The maximum absolute atomic E-state index is 13.2. The second-order valence-corrected chi connectivity index (χ2v) is 4.05. The number of nitrogens with two attached hydrogens (primary N) is 1. The van der Waals surface area contributed by atoms with Gasteiger partial charge in [-0.25, -0.2) is 8.78 Å². The number of nitrogens with zero attached hydrogens (tertiary/aromatic N) is 1. The Kier molecular flexibility index (Phi) is 3.31. The molecule has 0 spiro atoms. The van der Waals surface area contributed by atoms with E-state index in [1.54, 1.807) is 6.92 Å². The van der Waals surface area contributed by atoms with Gasteiger partial charge in [-0.3, -0.25) is 0 Å². The van der Waals surface area contributed by atoms with E-state index in [4.69, 9.17) is 11.0 Å². The summed E-state index contributed by atoms with van der Waals surface area (Å²) in [7, 11) is 0. The average molecular weight is 214 g/mol. The maximum atomic E-state index is 13.2. The van der Waals surface area contributed by atoms with E-state index in [-0.39, 0.29) is 10.6 Å². The molecule has 2 nitrogen and oxygen atoms in total. The highest BCUT2D eigenvalue weighted by Gasteiger charge is 2.13. The molecule has 14 heavy (non-hydrogen) atoms. The van der Waals surface area contributed by atoms with Gasteiger partial charge in [0, 0.05) is 5.69 Å². The molecule has 1 aromatic carbocycles. The van der Waals surface area contributed by atoms with Crippen molar-refractivity contribution in [1.29, 1.82) is 5.26 Å². The van der Waals surface area contributed by atoms with Crippen LogP contribution >= 0.6 is 11.8 Å². The molecule has 0 aromatic heterocycles. The summed E-state index contributed by atoms with van der Waals surface area (Å²) in [4.78, 5) is -0.159. The van der Waals surface area contributed by atoms with Crippen LogP contribution in [0, 0.1) is 23.0 Å². The van der Waals surface area contributed by atoms with Gasteiger partial charge in [-0.15, -0.1) is 11.8 Å². The molecule has 0 aliphatic rings. The van der Waals surface area contributed by atoms with Crippen molar-refractivity contribution in [3.63, 3.8) is 0 Å². The Morgan fingerprint density at radius 3 is 2.36 bits per heavy atom. The number of thioether (sulfide) groups is 1. The highest BCUT2D eigenvalue weighted by molar-refractivity contribution is 8.00. The molecule has 0 aliphatic heterocycles. The maximum Gasteiger partial charge on any atom is 0.141 e. The van der Waals surface area contributed by atoms with Crippen molar-refractivity contribution < 1.29 is 8.78 Å². The molecule has 0 radical (unpaired) electrons. The topological polar surface area (TPSA) is 49.8 Å². The number of hydrogen-bond acceptors (Lipinski definition) is 3. The first-order valence-electron chi connectivity index (χ1n) is 3.85. The minimum Gasteiger partial charge on any atom is -0.399 e. The molecule has 0 aliphatic carbocycles. The lowest BCUT2D eigenvalue weighted by Crippen LogP contribution is -1.97. The van der Waals surface area contributed by atoms with Gasteiger partial charge in [-0.05, 0) is 19.1 Å². The van der Waals surface area contributed by atoms with Crippen LogP contribution in [-0.4, -0.2) is 5.25 Å². The Hall–Kier alpha value is -1.28. The molecule has 2 N–H and O–H groups in total. The lowest BCUT2D eigenvalue weighted by atomic mass is 10.3. The van der Waals surface area contributed by atoms with Crippen LogP contribution < -0.4 is 5.73 Å². The van der Waals surface area contributed by atoms with Crippen molar-refractivity contribution in [3.8, 4) is 6.07 Å². The molecule has 0 heterocycles. The third kappa shape index (κ3) is 2.36. The van der Waals surface area contributed by atoms with Crippen molar-refractivity contribution in [2.45, 2.75) is 17.1 Å². The summed E-state index contributed by atoms with van der Waals surface area (Å²) in [6.45, 7) is 1.57. The highest BCUT2D eigenvalue weighted by Crippen LogP contribution is 2.29. The predicted octanol–water partition coefficient (Wildman–Crippen LogP) is 2.55. The molecule has 74 valence electrons. The summed E-state index contributed by atoms with van der Waals surface area (Å²) < 4.78 is 26.3. The van der Waals surface area contributed by atoms with Crippen molar-refractivity contribution in [1.82, 2.24) is 0 Å². The summed E-state index contributed by atoms with van der Waals surface area (Å²) in [6, 6.07) is 3.96. The van der Waals surface area contributed by atoms with Gasteiger partial charge >= 0.3 is 0 Å². The molecule has 1 rings (SSSR count). The summed E-state index contributed by atoms with van der Waals surface area (Å²) >= 11 is 0.839. The van der Waals surface area contributed by atoms with E-state index in [1.807, 2.05) is 6.07 Å². The van der Waals surface area contributed by atoms with Crippen molar-refractivity contribution >= 4 is 17.4 Å². The van der Waals surface area contributed by atoms with Crippen LogP contribution in [0.25, 0.3) is 0 Å². The number of anilines is 1.